The summed E-state index contributed by atoms with van der Waals surface area (Å²) in [6.07, 6.45) is 8.64. The summed E-state index contributed by atoms with van der Waals surface area (Å²) < 4.78 is 5.97. The third-order valence-corrected chi connectivity index (χ3v) is 7.97. The van der Waals surface area contributed by atoms with E-state index in [9.17, 15) is 9.59 Å². The van der Waals surface area contributed by atoms with Gasteiger partial charge in [-0.25, -0.2) is 0 Å². The summed E-state index contributed by atoms with van der Waals surface area (Å²) in [6.45, 7) is 10.7. The Hall–Kier alpha value is -4.18. The SMILES string of the molecule is CCN1CCC(C)(C)c2cc(C=CC3=CC(=C4C(=O)c5cc6ccccc6cc5C4=O)C=C(C)O3)ccc21. The Kier molecular flexibility index (Phi) is 5.71. The lowest BCUT2D eigenvalue weighted by Gasteiger charge is -2.40. The molecule has 38 heavy (non-hydrogen) atoms. The molecule has 4 nitrogen and oxygen atoms in total. The van der Waals surface area contributed by atoms with Crippen molar-refractivity contribution in [2.45, 2.75) is 39.5 Å². The molecule has 0 bridgehead atoms. The van der Waals surface area contributed by atoms with Gasteiger partial charge in [0.05, 0.1) is 5.57 Å². The minimum absolute atomic E-state index is 0.116. The van der Waals surface area contributed by atoms with Crippen molar-refractivity contribution in [1.82, 2.24) is 0 Å². The normalized spacial score (nSPS) is 18.5. The molecule has 0 radical (unpaired) electrons. The fourth-order valence-electron chi connectivity index (χ4n) is 5.79. The van der Waals surface area contributed by atoms with E-state index in [-0.39, 0.29) is 22.6 Å². The van der Waals surface area contributed by atoms with Crippen LogP contribution in [-0.2, 0) is 10.2 Å². The van der Waals surface area contributed by atoms with Gasteiger partial charge in [-0.15, -0.1) is 0 Å². The van der Waals surface area contributed by atoms with Crippen LogP contribution < -0.4 is 4.90 Å². The zero-order valence-corrected chi connectivity index (χ0v) is 22.3. The van der Waals surface area contributed by atoms with Crippen LogP contribution in [0.1, 0.15) is 66.0 Å². The number of nitrogens with zero attached hydrogens (tertiary/aromatic N) is 1. The highest BCUT2D eigenvalue weighted by Crippen LogP contribution is 2.40. The van der Waals surface area contributed by atoms with Gasteiger partial charge in [0.1, 0.15) is 11.5 Å². The van der Waals surface area contributed by atoms with Crippen molar-refractivity contribution < 1.29 is 14.3 Å². The van der Waals surface area contributed by atoms with Crippen LogP contribution in [-0.4, -0.2) is 24.7 Å². The Morgan fingerprint density at radius 1 is 0.921 bits per heavy atom. The first kappa shape index (κ1) is 24.2. The smallest absolute Gasteiger partial charge is 0.198 e. The van der Waals surface area contributed by atoms with Gasteiger partial charge in [0.15, 0.2) is 11.6 Å². The maximum atomic E-state index is 13.4. The Bertz CT molecular complexity index is 1590. The maximum Gasteiger partial charge on any atom is 0.198 e. The van der Waals surface area contributed by atoms with Gasteiger partial charge in [-0.3, -0.25) is 9.59 Å². The predicted molar refractivity (Wildman–Crippen MR) is 154 cm³/mol. The third kappa shape index (κ3) is 4.01. The molecule has 190 valence electrons. The van der Waals surface area contributed by atoms with Gasteiger partial charge >= 0.3 is 0 Å². The molecule has 0 atom stereocenters. The van der Waals surface area contributed by atoms with Gasteiger partial charge < -0.3 is 9.64 Å². The lowest BCUT2D eigenvalue weighted by molar-refractivity contribution is 0.0988. The number of ether oxygens (including phenoxy) is 1. The average Bonchev–Trinajstić information content (AvgIpc) is 3.15. The fraction of sp³-hybridized carbons (Fsp3) is 0.235. The third-order valence-electron chi connectivity index (χ3n) is 7.97. The van der Waals surface area contributed by atoms with E-state index in [0.717, 1.165) is 35.8 Å². The lowest BCUT2D eigenvalue weighted by Crippen LogP contribution is -2.37. The fourth-order valence-corrected chi connectivity index (χ4v) is 5.79. The summed E-state index contributed by atoms with van der Waals surface area (Å²) in [6, 6.07) is 18.1. The molecule has 1 aliphatic carbocycles. The second kappa shape index (κ2) is 8.98. The standard InChI is InChI=1S/C34H31NO3/c1-5-35-15-14-34(3,4)29-17-22(11-13-30(29)35)10-12-26-18-25(16-21(2)38-26)31-32(36)27-19-23-8-6-7-9-24(23)20-28(27)33(31)37/h6-13,16-20H,5,14-15H2,1-4H3. The number of ketones is 2. The predicted octanol–water partition coefficient (Wildman–Crippen LogP) is 7.55. The van der Waals surface area contributed by atoms with Gasteiger partial charge in [0, 0.05) is 29.9 Å². The number of carbonyl (C=O) groups excluding carboxylic acids is 2. The Labute approximate surface area is 223 Å². The largest absolute Gasteiger partial charge is 0.462 e. The quantitative estimate of drug-likeness (QED) is 0.275. The number of rotatable bonds is 3. The van der Waals surface area contributed by atoms with Crippen LogP contribution in [0.25, 0.3) is 16.8 Å². The van der Waals surface area contributed by atoms with Crippen molar-refractivity contribution in [3.63, 3.8) is 0 Å². The molecule has 0 saturated heterocycles. The molecular formula is C34H31NO3. The van der Waals surface area contributed by atoms with E-state index < -0.39 is 0 Å². The summed E-state index contributed by atoms with van der Waals surface area (Å²) in [5.41, 5.74) is 5.61. The summed E-state index contributed by atoms with van der Waals surface area (Å²) in [5.74, 6) is 0.783. The molecule has 0 saturated carbocycles. The van der Waals surface area contributed by atoms with E-state index in [1.165, 1.54) is 11.3 Å². The van der Waals surface area contributed by atoms with Crippen LogP contribution in [0.2, 0.25) is 0 Å². The Morgan fingerprint density at radius 2 is 1.61 bits per heavy atom. The minimum atomic E-state index is -0.228. The minimum Gasteiger partial charge on any atom is -0.462 e. The number of fused-ring (bicyclic) bond motifs is 3. The van der Waals surface area contributed by atoms with E-state index >= 15 is 0 Å². The van der Waals surface area contributed by atoms with Crippen molar-refractivity contribution in [1.29, 1.82) is 0 Å². The van der Waals surface area contributed by atoms with Gasteiger partial charge in [0.2, 0.25) is 0 Å². The number of hydrogen-bond acceptors (Lipinski definition) is 4. The molecule has 6 rings (SSSR count). The first-order valence-electron chi connectivity index (χ1n) is 13.3. The zero-order valence-electron chi connectivity index (χ0n) is 22.3. The molecule has 0 amide bonds. The Balaban J connectivity index is 1.35. The molecule has 4 heteroatoms. The summed E-state index contributed by atoms with van der Waals surface area (Å²) in [5, 5.41) is 1.90. The number of carbonyl (C=O) groups is 2. The molecule has 3 aromatic carbocycles. The molecule has 2 aliphatic heterocycles. The zero-order chi connectivity index (χ0) is 26.6. The first-order chi connectivity index (χ1) is 18.2. The van der Waals surface area contributed by atoms with Crippen LogP contribution in [0.15, 0.2) is 95.5 Å². The van der Waals surface area contributed by atoms with Crippen molar-refractivity contribution in [2.75, 3.05) is 18.0 Å². The maximum absolute atomic E-state index is 13.4. The monoisotopic (exact) mass is 501 g/mol. The van der Waals surface area contributed by atoms with Crippen LogP contribution >= 0.6 is 0 Å². The lowest BCUT2D eigenvalue weighted by atomic mass is 9.77. The van der Waals surface area contributed by atoms with Crippen LogP contribution in [0.3, 0.4) is 0 Å². The molecule has 3 aliphatic rings. The van der Waals surface area contributed by atoms with E-state index in [1.807, 2.05) is 55.5 Å². The number of benzene rings is 3. The summed E-state index contributed by atoms with van der Waals surface area (Å²) in [7, 11) is 0. The van der Waals surface area contributed by atoms with Crippen molar-refractivity contribution in [3.8, 4) is 0 Å². The molecule has 0 unspecified atom stereocenters. The van der Waals surface area contributed by atoms with Crippen LogP contribution in [0.5, 0.6) is 0 Å². The highest BCUT2D eigenvalue weighted by molar-refractivity contribution is 6.41. The molecule has 0 fully saturated rings. The summed E-state index contributed by atoms with van der Waals surface area (Å²) >= 11 is 0. The molecule has 0 aromatic heterocycles. The number of hydrogen-bond donors (Lipinski definition) is 0. The number of anilines is 1. The number of Topliss-reactive ketones (excluding diaryl/α,β-unsaturated/α-hetero) is 2. The van der Waals surface area contributed by atoms with E-state index in [0.29, 0.717) is 28.2 Å². The second-order valence-electron chi connectivity index (χ2n) is 11.0. The van der Waals surface area contributed by atoms with Crippen molar-refractivity contribution in [3.05, 3.63) is 118 Å². The van der Waals surface area contributed by atoms with E-state index in [2.05, 4.69) is 43.9 Å². The van der Waals surface area contributed by atoms with E-state index in [4.69, 9.17) is 4.74 Å². The van der Waals surface area contributed by atoms with Gasteiger partial charge in [-0.1, -0.05) is 50.3 Å². The van der Waals surface area contributed by atoms with E-state index in [1.54, 1.807) is 12.2 Å². The van der Waals surface area contributed by atoms with Crippen LogP contribution in [0.4, 0.5) is 5.69 Å². The molecule has 3 aromatic rings. The van der Waals surface area contributed by atoms with Gasteiger partial charge in [-0.2, -0.15) is 0 Å². The van der Waals surface area contributed by atoms with Crippen molar-refractivity contribution >= 4 is 34.1 Å². The average molecular weight is 502 g/mol. The van der Waals surface area contributed by atoms with Gasteiger partial charge in [0.25, 0.3) is 0 Å². The second-order valence-corrected chi connectivity index (χ2v) is 11.0. The molecule has 0 N–H and O–H groups in total. The van der Waals surface area contributed by atoms with Gasteiger partial charge in [-0.05, 0) is 95.6 Å². The number of allylic oxidation sites excluding steroid dienone is 6. The molecule has 2 heterocycles. The highest BCUT2D eigenvalue weighted by Gasteiger charge is 2.36. The topological polar surface area (TPSA) is 46.6 Å². The van der Waals surface area contributed by atoms with Crippen molar-refractivity contribution in [2.24, 2.45) is 0 Å². The summed E-state index contributed by atoms with van der Waals surface area (Å²) in [4.78, 5) is 29.2. The molecular weight excluding hydrogens is 470 g/mol. The Morgan fingerprint density at radius 3 is 2.26 bits per heavy atom. The van der Waals surface area contributed by atoms with Crippen LogP contribution in [0, 0.1) is 0 Å². The molecule has 0 spiro atoms. The first-order valence-corrected chi connectivity index (χ1v) is 13.3. The highest BCUT2D eigenvalue weighted by atomic mass is 16.5.